The molecule has 4 rings (SSSR count). The number of hydrogen-bond donors (Lipinski definition) is 1. The van der Waals surface area contributed by atoms with Crippen molar-refractivity contribution in [1.29, 1.82) is 0 Å². The predicted octanol–water partition coefficient (Wildman–Crippen LogP) is 4.52. The summed E-state index contributed by atoms with van der Waals surface area (Å²) in [4.78, 5) is 35.8. The smallest absolute Gasteiger partial charge is 0.262 e. The molecule has 0 radical (unpaired) electrons. The van der Waals surface area contributed by atoms with Crippen molar-refractivity contribution < 1.29 is 4.74 Å². The fourth-order valence-corrected chi connectivity index (χ4v) is 4.46. The number of aromatic amines is 1. The van der Waals surface area contributed by atoms with E-state index in [2.05, 4.69) is 11.9 Å². The average Bonchev–Trinajstić information content (AvgIpc) is 3.19. The maximum Gasteiger partial charge on any atom is 0.262 e. The third-order valence-corrected chi connectivity index (χ3v) is 6.34. The number of H-pyrrole nitrogens is 1. The van der Waals surface area contributed by atoms with Crippen LogP contribution in [-0.4, -0.2) is 21.1 Å². The topological polar surface area (TPSA) is 77.0 Å². The predicted molar refractivity (Wildman–Crippen MR) is 125 cm³/mol. The third kappa shape index (κ3) is 4.18. The summed E-state index contributed by atoms with van der Waals surface area (Å²) in [6.07, 6.45) is 3.24. The maximum atomic E-state index is 13.5. The van der Waals surface area contributed by atoms with Crippen LogP contribution in [0.3, 0.4) is 0 Å². The number of ether oxygens (including phenoxy) is 1. The molecule has 0 saturated carbocycles. The molecule has 160 valence electrons. The monoisotopic (exact) mass is 435 g/mol. The van der Waals surface area contributed by atoms with Gasteiger partial charge in [0.15, 0.2) is 5.75 Å². The number of aryl methyl sites for hydroxylation is 2. The molecule has 1 aromatic carbocycles. The van der Waals surface area contributed by atoms with Gasteiger partial charge in [0.1, 0.15) is 10.7 Å². The fourth-order valence-electron chi connectivity index (χ4n) is 3.50. The number of nitrogens with one attached hydrogen (secondary N) is 1. The molecule has 4 aromatic rings. The number of thiophene rings is 1. The molecule has 0 aliphatic rings. The van der Waals surface area contributed by atoms with Crippen LogP contribution < -0.4 is 15.7 Å². The minimum Gasteiger partial charge on any atom is -0.488 e. The van der Waals surface area contributed by atoms with Crippen LogP contribution in [0.2, 0.25) is 0 Å². The van der Waals surface area contributed by atoms with Gasteiger partial charge in [-0.2, -0.15) is 0 Å². The van der Waals surface area contributed by atoms with Crippen molar-refractivity contribution in [3.8, 4) is 17.1 Å². The van der Waals surface area contributed by atoms with Crippen molar-refractivity contribution in [3.63, 3.8) is 0 Å². The van der Waals surface area contributed by atoms with E-state index in [1.165, 1.54) is 6.07 Å². The van der Waals surface area contributed by atoms with E-state index in [-0.39, 0.29) is 23.3 Å². The summed E-state index contributed by atoms with van der Waals surface area (Å²) < 4.78 is 7.12. The van der Waals surface area contributed by atoms with Crippen LogP contribution in [0.25, 0.3) is 21.6 Å². The normalized spacial score (nSPS) is 11.2. The molecule has 3 aromatic heterocycles. The molecule has 31 heavy (non-hydrogen) atoms. The molecular formula is C24H25N3O3S. The molecule has 1 N–H and O–H groups in total. The lowest BCUT2D eigenvalue weighted by Gasteiger charge is -2.14. The van der Waals surface area contributed by atoms with Crippen LogP contribution in [0.15, 0.2) is 52.2 Å². The number of aromatic nitrogens is 3. The first-order valence-corrected chi connectivity index (χ1v) is 11.3. The molecule has 0 atom stereocenters. The Hall–Kier alpha value is -3.19. The molecule has 0 aliphatic carbocycles. The van der Waals surface area contributed by atoms with Gasteiger partial charge >= 0.3 is 0 Å². The molecule has 7 heteroatoms. The molecule has 6 nitrogen and oxygen atoms in total. The first-order chi connectivity index (χ1) is 15.0. The zero-order chi connectivity index (χ0) is 22.0. The van der Waals surface area contributed by atoms with E-state index in [9.17, 15) is 9.59 Å². The van der Waals surface area contributed by atoms with Crippen molar-refractivity contribution in [2.45, 2.75) is 40.2 Å². The lowest BCUT2D eigenvalue weighted by Crippen LogP contribution is -2.25. The highest BCUT2D eigenvalue weighted by Crippen LogP contribution is 2.27. The van der Waals surface area contributed by atoms with E-state index in [4.69, 9.17) is 9.72 Å². The summed E-state index contributed by atoms with van der Waals surface area (Å²) in [7, 11) is 0. The van der Waals surface area contributed by atoms with Gasteiger partial charge in [-0.1, -0.05) is 38.1 Å². The third-order valence-electron chi connectivity index (χ3n) is 5.16. The van der Waals surface area contributed by atoms with Crippen LogP contribution in [0.5, 0.6) is 5.75 Å². The summed E-state index contributed by atoms with van der Waals surface area (Å²) >= 11 is 1.55. The van der Waals surface area contributed by atoms with Gasteiger partial charge in [0, 0.05) is 28.4 Å². The highest BCUT2D eigenvalue weighted by molar-refractivity contribution is 7.18. The Morgan fingerprint density at radius 3 is 2.68 bits per heavy atom. The second-order valence-electron chi connectivity index (χ2n) is 7.46. The Balaban J connectivity index is 1.86. The van der Waals surface area contributed by atoms with Crippen molar-refractivity contribution in [2.24, 2.45) is 0 Å². The zero-order valence-electron chi connectivity index (χ0n) is 17.9. The number of rotatable bonds is 7. The first kappa shape index (κ1) is 21.1. The SMILES string of the molecule is CCCOc1c[nH]c(Cn2c(-c3ccccc3C)nc3sc(CC)cc3c2=O)cc1=O. The van der Waals surface area contributed by atoms with Crippen LogP contribution in [-0.2, 0) is 13.0 Å². The van der Waals surface area contributed by atoms with Gasteiger partial charge in [-0.3, -0.25) is 14.2 Å². The van der Waals surface area contributed by atoms with E-state index in [0.717, 1.165) is 33.7 Å². The van der Waals surface area contributed by atoms with Gasteiger partial charge in [0.05, 0.1) is 18.5 Å². The van der Waals surface area contributed by atoms with Gasteiger partial charge in [0.25, 0.3) is 5.56 Å². The second kappa shape index (κ2) is 8.89. The summed E-state index contributed by atoms with van der Waals surface area (Å²) in [5.74, 6) is 0.892. The number of nitrogens with zero attached hydrogens (tertiary/aromatic N) is 2. The van der Waals surface area contributed by atoms with Crippen molar-refractivity contribution in [3.05, 3.63) is 79.3 Å². The van der Waals surface area contributed by atoms with Crippen LogP contribution in [0.1, 0.15) is 36.4 Å². The molecular weight excluding hydrogens is 410 g/mol. The Morgan fingerprint density at radius 1 is 1.16 bits per heavy atom. The standard InChI is InChI=1S/C24H25N3O3S/c1-4-10-30-21-13-25-16(11-20(21)28)14-27-22(18-9-7-6-8-15(18)3)26-23-19(24(27)29)12-17(5-2)31-23/h6-9,11-13H,4-5,10,14H2,1-3H3,(H,25,28). The lowest BCUT2D eigenvalue weighted by atomic mass is 10.1. The van der Waals surface area contributed by atoms with Crippen LogP contribution >= 0.6 is 11.3 Å². The van der Waals surface area contributed by atoms with E-state index >= 15 is 0 Å². The maximum absolute atomic E-state index is 13.5. The Morgan fingerprint density at radius 2 is 1.97 bits per heavy atom. The number of hydrogen-bond acceptors (Lipinski definition) is 5. The minimum atomic E-state index is -0.203. The first-order valence-electron chi connectivity index (χ1n) is 10.5. The molecule has 0 unspecified atom stereocenters. The van der Waals surface area contributed by atoms with E-state index in [1.54, 1.807) is 22.1 Å². The Labute approximate surface area is 184 Å². The number of fused-ring (bicyclic) bond motifs is 1. The molecule has 0 bridgehead atoms. The van der Waals surface area contributed by atoms with E-state index in [1.807, 2.05) is 44.2 Å². The van der Waals surface area contributed by atoms with Crippen molar-refractivity contribution in [1.82, 2.24) is 14.5 Å². The molecule has 3 heterocycles. The van der Waals surface area contributed by atoms with Crippen molar-refractivity contribution >= 4 is 21.6 Å². The van der Waals surface area contributed by atoms with Crippen LogP contribution in [0.4, 0.5) is 0 Å². The Kier molecular flexibility index (Phi) is 6.04. The average molecular weight is 436 g/mol. The summed E-state index contributed by atoms with van der Waals surface area (Å²) in [6.45, 7) is 6.76. The summed E-state index contributed by atoms with van der Waals surface area (Å²) in [5, 5.41) is 0.615. The van der Waals surface area contributed by atoms with Gasteiger partial charge < -0.3 is 9.72 Å². The number of pyridine rings is 1. The molecule has 0 spiro atoms. The van der Waals surface area contributed by atoms with E-state index in [0.29, 0.717) is 23.5 Å². The zero-order valence-corrected chi connectivity index (χ0v) is 18.7. The largest absolute Gasteiger partial charge is 0.488 e. The fraction of sp³-hybridized carbons (Fsp3) is 0.292. The van der Waals surface area contributed by atoms with Crippen molar-refractivity contribution in [2.75, 3.05) is 6.61 Å². The quantitative estimate of drug-likeness (QED) is 0.463. The lowest BCUT2D eigenvalue weighted by molar-refractivity contribution is 0.313. The van der Waals surface area contributed by atoms with Gasteiger partial charge in [-0.05, 0) is 31.4 Å². The van der Waals surface area contributed by atoms with Gasteiger partial charge in [-0.25, -0.2) is 4.98 Å². The number of benzene rings is 1. The molecule has 0 fully saturated rings. The molecule has 0 saturated heterocycles. The highest BCUT2D eigenvalue weighted by Gasteiger charge is 2.17. The summed E-state index contributed by atoms with van der Waals surface area (Å²) in [6, 6.07) is 11.3. The molecule has 0 amide bonds. The Bertz CT molecular complexity index is 1350. The summed E-state index contributed by atoms with van der Waals surface area (Å²) in [5.41, 5.74) is 2.25. The van der Waals surface area contributed by atoms with Gasteiger partial charge in [0.2, 0.25) is 5.43 Å². The minimum absolute atomic E-state index is 0.105. The van der Waals surface area contributed by atoms with Crippen LogP contribution in [0, 0.1) is 6.92 Å². The highest BCUT2D eigenvalue weighted by atomic mass is 32.1. The van der Waals surface area contributed by atoms with Gasteiger partial charge in [-0.15, -0.1) is 11.3 Å². The van der Waals surface area contributed by atoms with E-state index < -0.39 is 0 Å². The molecule has 0 aliphatic heterocycles. The second-order valence-corrected chi connectivity index (χ2v) is 8.58.